The molecule has 3 heteroatoms. The molecule has 1 amide bonds. The topological polar surface area (TPSA) is 41.1 Å². The summed E-state index contributed by atoms with van der Waals surface area (Å²) in [5.74, 6) is -0.0132. The molecule has 3 nitrogen and oxygen atoms in total. The lowest BCUT2D eigenvalue weighted by atomic mass is 10.0. The molecule has 0 fully saturated rings. The molecular formula is C12H18N2O. The molecule has 0 aliphatic heterocycles. The molecule has 1 atom stereocenters. The highest BCUT2D eigenvalue weighted by molar-refractivity contribution is 5.82. The lowest BCUT2D eigenvalue weighted by Crippen LogP contribution is -2.33. The lowest BCUT2D eigenvalue weighted by Gasteiger charge is -2.16. The Kier molecular flexibility index (Phi) is 3.86. The molecule has 1 rings (SSSR count). The first-order valence-electron chi connectivity index (χ1n) is 5.06. The number of hydrogen-bond donors (Lipinski definition) is 2. The highest BCUT2D eigenvalue weighted by Crippen LogP contribution is 2.16. The van der Waals surface area contributed by atoms with Gasteiger partial charge in [-0.15, -0.1) is 0 Å². The fraction of sp³-hybridized carbons (Fsp3) is 0.417. The number of rotatable bonds is 3. The van der Waals surface area contributed by atoms with Gasteiger partial charge in [-0.3, -0.25) is 4.79 Å². The van der Waals surface area contributed by atoms with Crippen molar-refractivity contribution in [3.8, 4) is 0 Å². The maximum absolute atomic E-state index is 11.6. The monoisotopic (exact) mass is 206 g/mol. The van der Waals surface area contributed by atoms with E-state index in [9.17, 15) is 4.79 Å². The van der Waals surface area contributed by atoms with Gasteiger partial charge in [0.25, 0.3) is 0 Å². The zero-order valence-corrected chi connectivity index (χ0v) is 9.72. The van der Waals surface area contributed by atoms with Gasteiger partial charge in [0.1, 0.15) is 6.04 Å². The van der Waals surface area contributed by atoms with E-state index in [-0.39, 0.29) is 11.9 Å². The number of carbonyl (C=O) groups excluding carboxylic acids is 1. The third-order valence-corrected chi connectivity index (χ3v) is 2.66. The molecule has 0 saturated heterocycles. The second-order valence-corrected chi connectivity index (χ2v) is 3.68. The fourth-order valence-electron chi connectivity index (χ4n) is 1.54. The van der Waals surface area contributed by atoms with Crippen molar-refractivity contribution in [3.05, 3.63) is 34.9 Å². The largest absolute Gasteiger partial charge is 0.358 e. The van der Waals surface area contributed by atoms with E-state index in [0.717, 1.165) is 5.56 Å². The number of amides is 1. The minimum atomic E-state index is -0.269. The summed E-state index contributed by atoms with van der Waals surface area (Å²) in [6.07, 6.45) is 0. The van der Waals surface area contributed by atoms with Crippen molar-refractivity contribution in [1.82, 2.24) is 10.6 Å². The molecule has 1 unspecified atom stereocenters. The summed E-state index contributed by atoms with van der Waals surface area (Å²) in [6.45, 7) is 4.11. The van der Waals surface area contributed by atoms with Gasteiger partial charge < -0.3 is 10.6 Å². The van der Waals surface area contributed by atoms with Gasteiger partial charge in [0, 0.05) is 7.05 Å². The van der Waals surface area contributed by atoms with E-state index in [1.807, 2.05) is 18.2 Å². The van der Waals surface area contributed by atoms with Crippen LogP contribution in [0.25, 0.3) is 0 Å². The second-order valence-electron chi connectivity index (χ2n) is 3.68. The Morgan fingerprint density at radius 2 is 1.87 bits per heavy atom. The van der Waals surface area contributed by atoms with Gasteiger partial charge in [0.15, 0.2) is 0 Å². The molecule has 0 aliphatic carbocycles. The van der Waals surface area contributed by atoms with Crippen molar-refractivity contribution in [3.63, 3.8) is 0 Å². The smallest absolute Gasteiger partial charge is 0.241 e. The van der Waals surface area contributed by atoms with E-state index in [1.165, 1.54) is 11.1 Å². The van der Waals surface area contributed by atoms with Crippen LogP contribution in [0.3, 0.4) is 0 Å². The fourth-order valence-corrected chi connectivity index (χ4v) is 1.54. The number of aryl methyl sites for hydroxylation is 2. The number of benzene rings is 1. The van der Waals surface area contributed by atoms with Crippen molar-refractivity contribution < 1.29 is 4.79 Å². The van der Waals surface area contributed by atoms with E-state index in [4.69, 9.17) is 0 Å². The molecule has 0 aliphatic rings. The van der Waals surface area contributed by atoms with Crippen LogP contribution in [0.2, 0.25) is 0 Å². The lowest BCUT2D eigenvalue weighted by molar-refractivity contribution is -0.122. The predicted octanol–water partition coefficient (Wildman–Crippen LogP) is 1.31. The number of carbonyl (C=O) groups is 1. The Bertz CT molecular complexity index is 361. The maximum Gasteiger partial charge on any atom is 0.241 e. The van der Waals surface area contributed by atoms with Gasteiger partial charge in [-0.1, -0.05) is 18.2 Å². The summed E-state index contributed by atoms with van der Waals surface area (Å²) in [4.78, 5) is 11.6. The molecule has 0 spiro atoms. The Balaban J connectivity index is 3.02. The first-order valence-corrected chi connectivity index (χ1v) is 5.06. The van der Waals surface area contributed by atoms with Crippen LogP contribution in [0.4, 0.5) is 0 Å². The quantitative estimate of drug-likeness (QED) is 0.783. The SMILES string of the molecule is CNC(=O)C(NC)c1ccc(C)c(C)c1. The van der Waals surface area contributed by atoms with E-state index in [2.05, 4.69) is 24.5 Å². The molecule has 0 heterocycles. The molecule has 15 heavy (non-hydrogen) atoms. The Morgan fingerprint density at radius 3 is 2.33 bits per heavy atom. The van der Waals surface area contributed by atoms with Crippen molar-refractivity contribution in [2.75, 3.05) is 14.1 Å². The molecule has 0 radical (unpaired) electrons. The first kappa shape index (κ1) is 11.7. The summed E-state index contributed by atoms with van der Waals surface area (Å²) >= 11 is 0. The standard InChI is InChI=1S/C12H18N2O/c1-8-5-6-10(7-9(8)2)11(13-3)12(15)14-4/h5-7,11,13H,1-4H3,(H,14,15). The van der Waals surface area contributed by atoms with Crippen LogP contribution in [-0.4, -0.2) is 20.0 Å². The molecule has 1 aromatic rings. The molecule has 82 valence electrons. The first-order chi connectivity index (χ1) is 7.10. The average molecular weight is 206 g/mol. The summed E-state index contributed by atoms with van der Waals surface area (Å²) < 4.78 is 0. The molecule has 0 bridgehead atoms. The van der Waals surface area contributed by atoms with Crippen LogP contribution >= 0.6 is 0 Å². The van der Waals surface area contributed by atoms with Crippen molar-refractivity contribution in [2.24, 2.45) is 0 Å². The van der Waals surface area contributed by atoms with Crippen LogP contribution in [0.5, 0.6) is 0 Å². The van der Waals surface area contributed by atoms with Gasteiger partial charge in [-0.2, -0.15) is 0 Å². The van der Waals surface area contributed by atoms with Crippen molar-refractivity contribution >= 4 is 5.91 Å². The summed E-state index contributed by atoms with van der Waals surface area (Å²) in [5, 5.41) is 5.65. The summed E-state index contributed by atoms with van der Waals surface area (Å²) in [5.41, 5.74) is 3.45. The summed E-state index contributed by atoms with van der Waals surface area (Å²) in [7, 11) is 3.43. The third-order valence-electron chi connectivity index (χ3n) is 2.66. The molecule has 0 aromatic heterocycles. The maximum atomic E-state index is 11.6. The van der Waals surface area contributed by atoms with E-state index in [1.54, 1.807) is 14.1 Å². The van der Waals surface area contributed by atoms with Crippen LogP contribution in [0.15, 0.2) is 18.2 Å². The van der Waals surface area contributed by atoms with E-state index >= 15 is 0 Å². The van der Waals surface area contributed by atoms with Crippen molar-refractivity contribution in [1.29, 1.82) is 0 Å². The Labute approximate surface area is 90.9 Å². The third kappa shape index (κ3) is 2.57. The zero-order valence-electron chi connectivity index (χ0n) is 9.72. The Hall–Kier alpha value is -1.35. The van der Waals surface area contributed by atoms with Crippen molar-refractivity contribution in [2.45, 2.75) is 19.9 Å². The van der Waals surface area contributed by atoms with Crippen LogP contribution < -0.4 is 10.6 Å². The second kappa shape index (κ2) is 4.94. The number of hydrogen-bond acceptors (Lipinski definition) is 2. The van der Waals surface area contributed by atoms with Gasteiger partial charge in [0.05, 0.1) is 0 Å². The molecule has 1 aromatic carbocycles. The van der Waals surface area contributed by atoms with Crippen LogP contribution in [0, 0.1) is 13.8 Å². The number of nitrogens with one attached hydrogen (secondary N) is 2. The van der Waals surface area contributed by atoms with Gasteiger partial charge in [-0.25, -0.2) is 0 Å². The van der Waals surface area contributed by atoms with Gasteiger partial charge in [-0.05, 0) is 37.6 Å². The zero-order chi connectivity index (χ0) is 11.4. The normalized spacial score (nSPS) is 12.3. The molecular weight excluding hydrogens is 188 g/mol. The number of likely N-dealkylation sites (N-methyl/N-ethyl adjacent to an activating group) is 2. The van der Waals surface area contributed by atoms with E-state index < -0.39 is 0 Å². The van der Waals surface area contributed by atoms with Crippen LogP contribution in [0.1, 0.15) is 22.7 Å². The van der Waals surface area contributed by atoms with Gasteiger partial charge >= 0.3 is 0 Å². The van der Waals surface area contributed by atoms with E-state index in [0.29, 0.717) is 0 Å². The highest BCUT2D eigenvalue weighted by atomic mass is 16.2. The molecule has 2 N–H and O–H groups in total. The average Bonchev–Trinajstić information content (AvgIpc) is 2.24. The van der Waals surface area contributed by atoms with Crippen LogP contribution in [-0.2, 0) is 4.79 Å². The minimum absolute atomic E-state index is 0.0132. The highest BCUT2D eigenvalue weighted by Gasteiger charge is 2.16. The minimum Gasteiger partial charge on any atom is -0.358 e. The predicted molar refractivity (Wildman–Crippen MR) is 61.8 cm³/mol. The van der Waals surface area contributed by atoms with Gasteiger partial charge in [0.2, 0.25) is 5.91 Å². The Morgan fingerprint density at radius 1 is 1.20 bits per heavy atom. The molecule has 0 saturated carbocycles. The summed E-state index contributed by atoms with van der Waals surface area (Å²) in [6, 6.07) is 5.80.